The first-order chi connectivity index (χ1) is 12.1. The highest BCUT2D eigenvalue weighted by molar-refractivity contribution is 6.27. The van der Waals surface area contributed by atoms with E-state index in [1.807, 2.05) is 0 Å². The number of ether oxygens (including phenoxy) is 2. The molecule has 146 valence electrons. The predicted octanol–water partition coefficient (Wildman–Crippen LogP) is 2.26. The Bertz CT molecular complexity index is 609. The van der Waals surface area contributed by atoms with Crippen molar-refractivity contribution >= 4 is 11.9 Å². The number of nitrogens with zero attached hydrogens (tertiary/aromatic N) is 1. The highest BCUT2D eigenvalue weighted by Crippen LogP contribution is 2.23. The quantitative estimate of drug-likeness (QED) is 0.788. The molecule has 2 atom stereocenters. The second-order valence-corrected chi connectivity index (χ2v) is 6.68. The van der Waals surface area contributed by atoms with Crippen LogP contribution in [0.25, 0.3) is 0 Å². The Morgan fingerprint density at radius 1 is 1.12 bits per heavy atom. The first-order valence-corrected chi connectivity index (χ1v) is 8.64. The van der Waals surface area contributed by atoms with Gasteiger partial charge in [-0.1, -0.05) is 6.07 Å². The molecule has 1 heterocycles. The van der Waals surface area contributed by atoms with Crippen LogP contribution < -0.4 is 4.74 Å². The number of hydrogen-bond acceptors (Lipinski definition) is 5. The third kappa shape index (κ3) is 7.41. The van der Waals surface area contributed by atoms with E-state index in [1.54, 1.807) is 0 Å². The van der Waals surface area contributed by atoms with Crippen molar-refractivity contribution in [2.24, 2.45) is 0 Å². The third-order valence-electron chi connectivity index (χ3n) is 4.11. The molecule has 7 nitrogen and oxygen atoms in total. The van der Waals surface area contributed by atoms with Gasteiger partial charge in [-0.05, 0) is 57.4 Å². The Kier molecular flexibility index (Phi) is 8.54. The van der Waals surface area contributed by atoms with E-state index >= 15 is 0 Å². The maximum Gasteiger partial charge on any atom is 0.414 e. The molecule has 1 aromatic rings. The average molecular weight is 367 g/mol. The molecule has 0 aliphatic carbocycles. The van der Waals surface area contributed by atoms with Crippen molar-refractivity contribution in [2.75, 3.05) is 26.2 Å². The zero-order valence-electron chi connectivity index (χ0n) is 16.1. The highest BCUT2D eigenvalue weighted by Gasteiger charge is 2.21. The van der Waals surface area contributed by atoms with Crippen molar-refractivity contribution in [1.82, 2.24) is 4.90 Å². The number of morpholine rings is 1. The van der Waals surface area contributed by atoms with E-state index < -0.39 is 11.9 Å². The van der Waals surface area contributed by atoms with Gasteiger partial charge in [0.15, 0.2) is 0 Å². The summed E-state index contributed by atoms with van der Waals surface area (Å²) >= 11 is 0. The maximum atomic E-state index is 9.10. The molecule has 0 spiro atoms. The molecule has 0 saturated carbocycles. The molecule has 0 radical (unpaired) electrons. The van der Waals surface area contributed by atoms with E-state index in [-0.39, 0.29) is 0 Å². The number of carbonyl (C=O) groups is 2. The standard InChI is InChI=1S/C17H27NO2.C2H2O4/c1-12-8-13(2)16(5)17(9-12)19-7-6-18-10-14(3)20-15(4)11-18;3-1(4)2(5)6/h8-9,14-15H,6-7,10-11H2,1-5H3;(H,3,4)(H,5,6). The van der Waals surface area contributed by atoms with E-state index in [4.69, 9.17) is 29.3 Å². The van der Waals surface area contributed by atoms with Crippen LogP contribution in [0.4, 0.5) is 0 Å². The molecule has 7 heteroatoms. The van der Waals surface area contributed by atoms with Gasteiger partial charge in [0.2, 0.25) is 0 Å². The minimum atomic E-state index is -1.82. The van der Waals surface area contributed by atoms with Crippen molar-refractivity contribution in [2.45, 2.75) is 46.8 Å². The molecule has 1 fully saturated rings. The molecule has 2 N–H and O–H groups in total. The number of benzene rings is 1. The van der Waals surface area contributed by atoms with Gasteiger partial charge in [-0.25, -0.2) is 9.59 Å². The molecular formula is C19H29NO6. The number of hydrogen-bond donors (Lipinski definition) is 2. The highest BCUT2D eigenvalue weighted by atomic mass is 16.5. The van der Waals surface area contributed by atoms with Gasteiger partial charge < -0.3 is 19.7 Å². The van der Waals surface area contributed by atoms with Crippen molar-refractivity contribution < 1.29 is 29.3 Å². The van der Waals surface area contributed by atoms with Crippen LogP contribution in [0, 0.1) is 20.8 Å². The van der Waals surface area contributed by atoms with Gasteiger partial charge in [-0.3, -0.25) is 4.90 Å². The SMILES string of the molecule is Cc1cc(C)c(C)c(OCCN2CC(C)OC(C)C2)c1.O=C(O)C(=O)O. The van der Waals surface area contributed by atoms with Crippen LogP contribution in [0.1, 0.15) is 30.5 Å². The van der Waals surface area contributed by atoms with Gasteiger partial charge in [0.05, 0.1) is 12.2 Å². The minimum absolute atomic E-state index is 0.321. The Hall–Kier alpha value is -2.12. The summed E-state index contributed by atoms with van der Waals surface area (Å²) in [7, 11) is 0. The van der Waals surface area contributed by atoms with E-state index in [0.717, 1.165) is 32.0 Å². The van der Waals surface area contributed by atoms with Gasteiger partial charge in [-0.15, -0.1) is 0 Å². The topological polar surface area (TPSA) is 96.3 Å². The van der Waals surface area contributed by atoms with Crippen LogP contribution in [-0.4, -0.2) is 65.5 Å². The largest absolute Gasteiger partial charge is 0.492 e. The lowest BCUT2D eigenvalue weighted by Crippen LogP contribution is -2.46. The number of carboxylic acid groups (broad SMARTS) is 2. The minimum Gasteiger partial charge on any atom is -0.492 e. The summed E-state index contributed by atoms with van der Waals surface area (Å²) in [6.07, 6.45) is 0.642. The van der Waals surface area contributed by atoms with Crippen molar-refractivity contribution in [1.29, 1.82) is 0 Å². The molecule has 1 aromatic carbocycles. The van der Waals surface area contributed by atoms with E-state index in [9.17, 15) is 0 Å². The predicted molar refractivity (Wildman–Crippen MR) is 97.9 cm³/mol. The lowest BCUT2D eigenvalue weighted by Gasteiger charge is -2.35. The summed E-state index contributed by atoms with van der Waals surface area (Å²) in [5.74, 6) is -2.62. The zero-order chi connectivity index (χ0) is 19.9. The summed E-state index contributed by atoms with van der Waals surface area (Å²) in [6.45, 7) is 14.4. The van der Waals surface area contributed by atoms with Gasteiger partial charge >= 0.3 is 11.9 Å². The Labute approximate surface area is 154 Å². The van der Waals surface area contributed by atoms with Gasteiger partial charge in [0, 0.05) is 19.6 Å². The van der Waals surface area contributed by atoms with E-state index in [0.29, 0.717) is 12.2 Å². The first-order valence-electron chi connectivity index (χ1n) is 8.64. The molecule has 2 rings (SSSR count). The lowest BCUT2D eigenvalue weighted by molar-refractivity contribution is -0.159. The molecule has 0 bridgehead atoms. The van der Waals surface area contributed by atoms with E-state index in [1.165, 1.54) is 16.7 Å². The summed E-state index contributed by atoms with van der Waals surface area (Å²) < 4.78 is 11.7. The molecule has 26 heavy (non-hydrogen) atoms. The normalized spacial score (nSPS) is 20.0. The van der Waals surface area contributed by atoms with Crippen LogP contribution in [0.2, 0.25) is 0 Å². The molecule has 1 aliphatic heterocycles. The van der Waals surface area contributed by atoms with Crippen molar-refractivity contribution in [3.8, 4) is 5.75 Å². The average Bonchev–Trinajstić information content (AvgIpc) is 2.51. The summed E-state index contributed by atoms with van der Waals surface area (Å²) in [6, 6.07) is 4.33. The second-order valence-electron chi connectivity index (χ2n) is 6.68. The number of carboxylic acids is 2. The fraction of sp³-hybridized carbons (Fsp3) is 0.579. The number of aliphatic carboxylic acids is 2. The van der Waals surface area contributed by atoms with Crippen LogP contribution >= 0.6 is 0 Å². The van der Waals surface area contributed by atoms with Crippen molar-refractivity contribution in [3.05, 3.63) is 28.8 Å². The maximum absolute atomic E-state index is 9.10. The van der Waals surface area contributed by atoms with Crippen LogP contribution in [0.5, 0.6) is 5.75 Å². The van der Waals surface area contributed by atoms with Gasteiger partial charge in [-0.2, -0.15) is 0 Å². The van der Waals surface area contributed by atoms with Gasteiger partial charge in [0.1, 0.15) is 12.4 Å². The third-order valence-corrected chi connectivity index (χ3v) is 4.11. The summed E-state index contributed by atoms with van der Waals surface area (Å²) in [4.78, 5) is 20.6. The monoisotopic (exact) mass is 367 g/mol. The second kappa shape index (κ2) is 10.1. The van der Waals surface area contributed by atoms with E-state index in [2.05, 4.69) is 51.7 Å². The molecule has 0 amide bonds. The van der Waals surface area contributed by atoms with Crippen LogP contribution in [-0.2, 0) is 14.3 Å². The fourth-order valence-electron chi connectivity index (χ4n) is 2.90. The molecule has 0 aromatic heterocycles. The van der Waals surface area contributed by atoms with Crippen LogP contribution in [0.3, 0.4) is 0 Å². The lowest BCUT2D eigenvalue weighted by atomic mass is 10.1. The number of rotatable bonds is 4. The van der Waals surface area contributed by atoms with Gasteiger partial charge in [0.25, 0.3) is 0 Å². The Morgan fingerprint density at radius 3 is 2.15 bits per heavy atom. The smallest absolute Gasteiger partial charge is 0.414 e. The molecule has 1 saturated heterocycles. The first kappa shape index (κ1) is 21.9. The number of aryl methyl sites for hydroxylation is 2. The van der Waals surface area contributed by atoms with Crippen LogP contribution in [0.15, 0.2) is 12.1 Å². The molecule has 2 unspecified atom stereocenters. The fourth-order valence-corrected chi connectivity index (χ4v) is 2.90. The zero-order valence-corrected chi connectivity index (χ0v) is 16.1. The van der Waals surface area contributed by atoms with Crippen molar-refractivity contribution in [3.63, 3.8) is 0 Å². The molecular weight excluding hydrogens is 338 g/mol. The summed E-state index contributed by atoms with van der Waals surface area (Å²) in [5.41, 5.74) is 3.81. The Balaban J connectivity index is 0.000000487. The molecule has 1 aliphatic rings. The summed E-state index contributed by atoms with van der Waals surface area (Å²) in [5, 5.41) is 14.8. The Morgan fingerprint density at radius 2 is 1.65 bits per heavy atom.